The number of fused-ring (bicyclic) bond motifs is 1. The average molecular weight is 309 g/mol. The number of hydrogen-bond donors (Lipinski definition) is 2. The summed E-state index contributed by atoms with van der Waals surface area (Å²) in [6.45, 7) is 3.99. The number of carbonyl (C=O) groups excluding carboxylic acids is 1. The summed E-state index contributed by atoms with van der Waals surface area (Å²) in [6.07, 6.45) is 0. The van der Waals surface area contributed by atoms with Gasteiger partial charge in [0.1, 0.15) is 5.69 Å². The number of nitro benzene ring substituents is 1. The molecule has 3 rings (SSSR count). The van der Waals surface area contributed by atoms with Crippen LogP contribution in [0.2, 0.25) is 0 Å². The fraction of sp³-hybridized carbons (Fsp3) is 0.118. The molecule has 0 radical (unpaired) electrons. The molecule has 0 aliphatic heterocycles. The number of carbonyl (C=O) groups is 1. The van der Waals surface area contributed by atoms with Crippen molar-refractivity contribution >= 4 is 28.2 Å². The number of hydrogen-bond acceptors (Lipinski definition) is 3. The number of H-pyrrole nitrogens is 1. The minimum Gasteiger partial charge on any atom is -0.351 e. The lowest BCUT2D eigenvalue weighted by atomic mass is 10.1. The van der Waals surface area contributed by atoms with Gasteiger partial charge in [-0.1, -0.05) is 12.1 Å². The number of aromatic nitrogens is 1. The molecule has 116 valence electrons. The summed E-state index contributed by atoms with van der Waals surface area (Å²) >= 11 is 0. The maximum absolute atomic E-state index is 12.3. The van der Waals surface area contributed by atoms with E-state index in [-0.39, 0.29) is 11.6 Å². The van der Waals surface area contributed by atoms with Crippen LogP contribution in [0.1, 0.15) is 21.6 Å². The standard InChI is InChI=1S/C17H15N3O3/c1-10-6-11(2)14-9-16(19-15(14)7-10)17(21)18-12-4-3-5-13(8-12)20(22)23/h3-9,19H,1-2H3,(H,18,21). The molecule has 0 unspecified atom stereocenters. The van der Waals surface area contributed by atoms with E-state index in [9.17, 15) is 14.9 Å². The lowest BCUT2D eigenvalue weighted by Crippen LogP contribution is -2.12. The first kappa shape index (κ1) is 14.8. The Kier molecular flexibility index (Phi) is 3.57. The summed E-state index contributed by atoms with van der Waals surface area (Å²) in [5.74, 6) is -0.334. The molecule has 0 saturated carbocycles. The number of amides is 1. The smallest absolute Gasteiger partial charge is 0.272 e. The van der Waals surface area contributed by atoms with Crippen LogP contribution in [-0.2, 0) is 0 Å². The summed E-state index contributed by atoms with van der Waals surface area (Å²) in [4.78, 5) is 25.7. The first-order valence-electron chi connectivity index (χ1n) is 7.10. The molecule has 0 atom stereocenters. The van der Waals surface area contributed by atoms with Crippen molar-refractivity contribution in [3.63, 3.8) is 0 Å². The molecule has 3 aromatic rings. The minimum atomic E-state index is -0.495. The molecule has 0 bridgehead atoms. The molecule has 1 amide bonds. The lowest BCUT2D eigenvalue weighted by Gasteiger charge is -2.03. The normalized spacial score (nSPS) is 10.7. The molecule has 0 fully saturated rings. The van der Waals surface area contributed by atoms with E-state index in [0.717, 1.165) is 22.0 Å². The van der Waals surface area contributed by atoms with Crippen molar-refractivity contribution in [3.05, 3.63) is 69.4 Å². The van der Waals surface area contributed by atoms with Crippen LogP contribution in [0.5, 0.6) is 0 Å². The quantitative estimate of drug-likeness (QED) is 0.567. The van der Waals surface area contributed by atoms with Gasteiger partial charge in [-0.15, -0.1) is 0 Å². The van der Waals surface area contributed by atoms with E-state index in [1.807, 2.05) is 19.9 Å². The van der Waals surface area contributed by atoms with E-state index in [2.05, 4.69) is 16.4 Å². The van der Waals surface area contributed by atoms with Gasteiger partial charge in [0.25, 0.3) is 11.6 Å². The van der Waals surface area contributed by atoms with Crippen LogP contribution in [0.15, 0.2) is 42.5 Å². The van der Waals surface area contributed by atoms with Crippen molar-refractivity contribution in [1.29, 1.82) is 0 Å². The highest BCUT2D eigenvalue weighted by Crippen LogP contribution is 2.23. The highest BCUT2D eigenvalue weighted by atomic mass is 16.6. The maximum atomic E-state index is 12.3. The monoisotopic (exact) mass is 309 g/mol. The third-order valence-corrected chi connectivity index (χ3v) is 3.65. The topological polar surface area (TPSA) is 88.0 Å². The van der Waals surface area contributed by atoms with E-state index in [1.54, 1.807) is 12.1 Å². The van der Waals surface area contributed by atoms with E-state index < -0.39 is 4.92 Å². The van der Waals surface area contributed by atoms with Crippen molar-refractivity contribution < 1.29 is 9.72 Å². The Morgan fingerprint density at radius 2 is 1.96 bits per heavy atom. The predicted molar refractivity (Wildman–Crippen MR) is 88.8 cm³/mol. The number of nitro groups is 1. The van der Waals surface area contributed by atoms with Gasteiger partial charge in [0, 0.05) is 28.7 Å². The van der Waals surface area contributed by atoms with Crippen LogP contribution < -0.4 is 5.32 Å². The van der Waals surface area contributed by atoms with Crippen molar-refractivity contribution in [2.75, 3.05) is 5.32 Å². The van der Waals surface area contributed by atoms with Crippen LogP contribution in [0.4, 0.5) is 11.4 Å². The zero-order valence-corrected chi connectivity index (χ0v) is 12.7. The molecule has 0 spiro atoms. The minimum absolute atomic E-state index is 0.0640. The van der Waals surface area contributed by atoms with Crippen molar-refractivity contribution in [3.8, 4) is 0 Å². The molecule has 2 N–H and O–H groups in total. The van der Waals surface area contributed by atoms with Gasteiger partial charge in [-0.05, 0) is 43.2 Å². The Hall–Kier alpha value is -3.15. The number of non-ortho nitro benzene ring substituents is 1. The summed E-state index contributed by atoms with van der Waals surface area (Å²) in [7, 11) is 0. The lowest BCUT2D eigenvalue weighted by molar-refractivity contribution is -0.384. The maximum Gasteiger partial charge on any atom is 0.272 e. The number of anilines is 1. The summed E-state index contributed by atoms with van der Waals surface area (Å²) in [5.41, 5.74) is 3.83. The Morgan fingerprint density at radius 1 is 1.17 bits per heavy atom. The van der Waals surface area contributed by atoms with E-state index in [4.69, 9.17) is 0 Å². The Bertz CT molecular complexity index is 928. The van der Waals surface area contributed by atoms with E-state index in [0.29, 0.717) is 11.4 Å². The van der Waals surface area contributed by atoms with Crippen LogP contribution in [0, 0.1) is 24.0 Å². The van der Waals surface area contributed by atoms with Crippen molar-refractivity contribution in [2.24, 2.45) is 0 Å². The van der Waals surface area contributed by atoms with Crippen LogP contribution in [0.25, 0.3) is 10.9 Å². The molecule has 1 heterocycles. The van der Waals surface area contributed by atoms with Gasteiger partial charge >= 0.3 is 0 Å². The fourth-order valence-electron chi connectivity index (χ4n) is 2.62. The third kappa shape index (κ3) is 2.91. The first-order valence-corrected chi connectivity index (χ1v) is 7.10. The average Bonchev–Trinajstić information content (AvgIpc) is 2.92. The molecule has 1 aromatic heterocycles. The first-order chi connectivity index (χ1) is 10.9. The molecule has 0 aliphatic rings. The predicted octanol–water partition coefficient (Wildman–Crippen LogP) is 3.95. The van der Waals surface area contributed by atoms with Gasteiger partial charge in [0.2, 0.25) is 0 Å². The molecule has 2 aromatic carbocycles. The van der Waals surface area contributed by atoms with E-state index >= 15 is 0 Å². The molecular formula is C17H15N3O3. The van der Waals surface area contributed by atoms with Gasteiger partial charge < -0.3 is 10.3 Å². The van der Waals surface area contributed by atoms with Gasteiger partial charge in [-0.25, -0.2) is 0 Å². The SMILES string of the molecule is Cc1cc(C)c2cc(C(=O)Nc3cccc([N+](=O)[O-])c3)[nH]c2c1. The van der Waals surface area contributed by atoms with Crippen LogP contribution >= 0.6 is 0 Å². The Morgan fingerprint density at radius 3 is 2.70 bits per heavy atom. The fourth-order valence-corrected chi connectivity index (χ4v) is 2.62. The summed E-state index contributed by atoms with van der Waals surface area (Å²) < 4.78 is 0. The highest BCUT2D eigenvalue weighted by molar-refractivity contribution is 6.06. The molecule has 6 heteroatoms. The Balaban J connectivity index is 1.90. The molecule has 23 heavy (non-hydrogen) atoms. The van der Waals surface area contributed by atoms with Gasteiger partial charge in [0.15, 0.2) is 0 Å². The molecular weight excluding hydrogens is 294 g/mol. The second-order valence-electron chi connectivity index (χ2n) is 5.49. The molecule has 0 aliphatic carbocycles. The Labute approximate surface area is 132 Å². The number of nitrogens with one attached hydrogen (secondary N) is 2. The van der Waals surface area contributed by atoms with Crippen molar-refractivity contribution in [1.82, 2.24) is 4.98 Å². The number of aromatic amines is 1. The second kappa shape index (κ2) is 5.57. The molecule has 6 nitrogen and oxygen atoms in total. The number of aryl methyl sites for hydroxylation is 2. The zero-order valence-electron chi connectivity index (χ0n) is 12.7. The van der Waals surface area contributed by atoms with Crippen molar-refractivity contribution in [2.45, 2.75) is 13.8 Å². The van der Waals surface area contributed by atoms with E-state index in [1.165, 1.54) is 18.2 Å². The van der Waals surface area contributed by atoms with Crippen LogP contribution in [-0.4, -0.2) is 15.8 Å². The summed E-state index contributed by atoms with van der Waals surface area (Å²) in [6, 6.07) is 11.7. The van der Waals surface area contributed by atoms with Gasteiger partial charge in [0.05, 0.1) is 4.92 Å². The number of nitrogens with zero attached hydrogens (tertiary/aromatic N) is 1. The largest absolute Gasteiger partial charge is 0.351 e. The zero-order chi connectivity index (χ0) is 16.6. The van der Waals surface area contributed by atoms with Gasteiger partial charge in [-0.2, -0.15) is 0 Å². The number of rotatable bonds is 3. The molecule has 0 saturated heterocycles. The second-order valence-corrected chi connectivity index (χ2v) is 5.49. The van der Waals surface area contributed by atoms with Gasteiger partial charge in [-0.3, -0.25) is 14.9 Å². The highest BCUT2D eigenvalue weighted by Gasteiger charge is 2.13. The third-order valence-electron chi connectivity index (χ3n) is 3.65. The number of benzene rings is 2. The van der Waals surface area contributed by atoms with Crippen LogP contribution in [0.3, 0.4) is 0 Å². The summed E-state index contributed by atoms with van der Waals surface area (Å²) in [5, 5.41) is 14.4.